The van der Waals surface area contributed by atoms with Crippen LogP contribution in [0, 0.1) is 11.6 Å². The zero-order chi connectivity index (χ0) is 22.0. The van der Waals surface area contributed by atoms with Gasteiger partial charge in [0, 0.05) is 22.9 Å². The van der Waals surface area contributed by atoms with Crippen molar-refractivity contribution in [3.63, 3.8) is 0 Å². The second kappa shape index (κ2) is 8.47. The quantitative estimate of drug-likeness (QED) is 0.243. The molecule has 1 heterocycles. The highest BCUT2D eigenvalue weighted by atomic mass is 32.2. The molecule has 0 saturated carbocycles. The molecule has 0 aliphatic rings. The third-order valence-corrected chi connectivity index (χ3v) is 5.22. The van der Waals surface area contributed by atoms with Crippen LogP contribution < -0.4 is 0 Å². The number of halogens is 5. The minimum Gasteiger partial charge on any atom is -0.236 e. The van der Waals surface area contributed by atoms with Crippen molar-refractivity contribution < 1.29 is 22.0 Å². The van der Waals surface area contributed by atoms with Gasteiger partial charge in [-0.1, -0.05) is 42.5 Å². The summed E-state index contributed by atoms with van der Waals surface area (Å²) in [7, 11) is 0. The van der Waals surface area contributed by atoms with Gasteiger partial charge in [-0.25, -0.2) is 18.7 Å². The van der Waals surface area contributed by atoms with Gasteiger partial charge in [0.15, 0.2) is 5.82 Å². The van der Waals surface area contributed by atoms with Crippen molar-refractivity contribution >= 4 is 11.8 Å². The van der Waals surface area contributed by atoms with Crippen LogP contribution in [0.1, 0.15) is 0 Å². The smallest absolute Gasteiger partial charge is 0.236 e. The van der Waals surface area contributed by atoms with E-state index >= 15 is 0 Å². The van der Waals surface area contributed by atoms with Crippen LogP contribution in [-0.2, 0) is 0 Å². The molecule has 3 aromatic carbocycles. The Morgan fingerprint density at radius 3 is 1.55 bits per heavy atom. The molecule has 2 nitrogen and oxygen atoms in total. The number of rotatable bonds is 4. The van der Waals surface area contributed by atoms with Crippen LogP contribution in [0.2, 0.25) is 0 Å². The van der Waals surface area contributed by atoms with E-state index in [1.807, 2.05) is 24.3 Å². The summed E-state index contributed by atoms with van der Waals surface area (Å²) in [4.78, 5) is 8.28. The monoisotopic (exact) mass is 444 g/mol. The predicted molar refractivity (Wildman–Crippen MR) is 110 cm³/mol. The number of hydrogen-bond acceptors (Lipinski definition) is 3. The number of benzene rings is 3. The van der Waals surface area contributed by atoms with Gasteiger partial charge in [-0.05, 0) is 52.7 Å². The summed E-state index contributed by atoms with van der Waals surface area (Å²) in [6.45, 7) is 0. The van der Waals surface area contributed by atoms with E-state index in [0.717, 1.165) is 28.8 Å². The Hall–Kier alpha value is -3.26. The van der Waals surface area contributed by atoms with Gasteiger partial charge in [-0.2, -0.15) is 13.2 Å². The summed E-state index contributed by atoms with van der Waals surface area (Å²) in [6, 6.07) is 16.9. The van der Waals surface area contributed by atoms with Gasteiger partial charge in [0.2, 0.25) is 0 Å². The summed E-state index contributed by atoms with van der Waals surface area (Å²) in [6.07, 6.45) is 2.96. The number of alkyl halides is 3. The van der Waals surface area contributed by atoms with Crippen LogP contribution in [0.15, 0.2) is 84.0 Å². The van der Waals surface area contributed by atoms with Crippen molar-refractivity contribution in [1.82, 2.24) is 9.97 Å². The minimum absolute atomic E-state index is 0.0483. The standard InChI is InChI=1S/C23H13F5N2S/c24-19-2-1-3-20(25)21(19)22-29-12-17(13-30-22)16-6-4-14(5-7-16)15-8-10-18(11-9-15)31-23(26,27)28/h1-13H. The van der Waals surface area contributed by atoms with E-state index < -0.39 is 17.1 Å². The molecule has 4 aromatic rings. The molecule has 0 saturated heterocycles. The normalized spacial score (nSPS) is 11.5. The van der Waals surface area contributed by atoms with E-state index in [4.69, 9.17) is 0 Å². The van der Waals surface area contributed by atoms with E-state index in [1.54, 1.807) is 12.1 Å². The first-order valence-electron chi connectivity index (χ1n) is 9.03. The first-order chi connectivity index (χ1) is 14.8. The van der Waals surface area contributed by atoms with Crippen LogP contribution in [0.4, 0.5) is 22.0 Å². The van der Waals surface area contributed by atoms with Crippen molar-refractivity contribution in [2.24, 2.45) is 0 Å². The highest BCUT2D eigenvalue weighted by molar-refractivity contribution is 8.00. The summed E-state index contributed by atoms with van der Waals surface area (Å²) in [5.41, 5.74) is -1.55. The highest BCUT2D eigenvalue weighted by Crippen LogP contribution is 2.37. The molecule has 0 radical (unpaired) electrons. The maximum absolute atomic E-state index is 13.9. The molecule has 0 atom stereocenters. The minimum atomic E-state index is -4.32. The predicted octanol–water partition coefficient (Wildman–Crippen LogP) is 7.37. The lowest BCUT2D eigenvalue weighted by Gasteiger charge is -2.08. The number of hydrogen-bond donors (Lipinski definition) is 0. The maximum atomic E-state index is 13.9. The van der Waals surface area contributed by atoms with E-state index in [1.165, 1.54) is 30.6 Å². The third-order valence-electron chi connectivity index (χ3n) is 4.48. The summed E-state index contributed by atoms with van der Waals surface area (Å²) < 4.78 is 65.1. The van der Waals surface area contributed by atoms with Gasteiger partial charge < -0.3 is 0 Å². The zero-order valence-corrected chi connectivity index (χ0v) is 16.5. The average molecular weight is 444 g/mol. The largest absolute Gasteiger partial charge is 0.446 e. The Balaban J connectivity index is 1.53. The Morgan fingerprint density at radius 1 is 0.613 bits per heavy atom. The lowest BCUT2D eigenvalue weighted by molar-refractivity contribution is -0.0328. The van der Waals surface area contributed by atoms with Gasteiger partial charge in [0.05, 0.1) is 5.56 Å². The number of aromatic nitrogens is 2. The Kier molecular flexibility index (Phi) is 5.73. The average Bonchev–Trinajstić information content (AvgIpc) is 2.74. The van der Waals surface area contributed by atoms with Crippen LogP contribution in [0.3, 0.4) is 0 Å². The number of thioether (sulfide) groups is 1. The zero-order valence-electron chi connectivity index (χ0n) is 15.7. The third kappa shape index (κ3) is 4.91. The summed E-state index contributed by atoms with van der Waals surface area (Å²) in [5.74, 6) is -1.53. The van der Waals surface area contributed by atoms with E-state index in [-0.39, 0.29) is 28.0 Å². The van der Waals surface area contributed by atoms with E-state index in [2.05, 4.69) is 9.97 Å². The van der Waals surface area contributed by atoms with E-state index in [9.17, 15) is 22.0 Å². The van der Waals surface area contributed by atoms with Crippen LogP contribution in [0.5, 0.6) is 0 Å². The van der Waals surface area contributed by atoms with Gasteiger partial charge in [-0.3, -0.25) is 0 Å². The Bertz CT molecular complexity index is 1170. The van der Waals surface area contributed by atoms with Crippen LogP contribution >= 0.6 is 11.8 Å². The Labute approximate surface area is 178 Å². The van der Waals surface area contributed by atoms with Crippen molar-refractivity contribution in [3.8, 4) is 33.6 Å². The molecule has 4 rings (SSSR count). The molecule has 31 heavy (non-hydrogen) atoms. The Morgan fingerprint density at radius 2 is 1.06 bits per heavy atom. The molecule has 0 aliphatic carbocycles. The van der Waals surface area contributed by atoms with Crippen molar-refractivity contribution in [2.75, 3.05) is 0 Å². The molecule has 0 spiro atoms. The van der Waals surface area contributed by atoms with Gasteiger partial charge in [0.1, 0.15) is 11.6 Å². The molecule has 0 bridgehead atoms. The lowest BCUT2D eigenvalue weighted by Crippen LogP contribution is -1.98. The summed E-state index contributed by atoms with van der Waals surface area (Å²) in [5, 5.41) is 0. The highest BCUT2D eigenvalue weighted by Gasteiger charge is 2.29. The first kappa shape index (κ1) is 21.0. The SMILES string of the molecule is Fc1cccc(F)c1-c1ncc(-c2ccc(-c3ccc(SC(F)(F)F)cc3)cc2)cn1. The maximum Gasteiger partial charge on any atom is 0.446 e. The molecule has 8 heteroatoms. The summed E-state index contributed by atoms with van der Waals surface area (Å²) >= 11 is -0.155. The first-order valence-corrected chi connectivity index (χ1v) is 9.85. The molecule has 1 aromatic heterocycles. The van der Waals surface area contributed by atoms with Crippen molar-refractivity contribution in [3.05, 3.63) is 90.8 Å². The van der Waals surface area contributed by atoms with Crippen LogP contribution in [-0.4, -0.2) is 15.5 Å². The molecule has 0 N–H and O–H groups in total. The molecular formula is C23H13F5N2S. The molecule has 156 valence electrons. The fourth-order valence-corrected chi connectivity index (χ4v) is 3.56. The van der Waals surface area contributed by atoms with Gasteiger partial charge >= 0.3 is 5.51 Å². The van der Waals surface area contributed by atoms with Gasteiger partial charge in [0.25, 0.3) is 0 Å². The fraction of sp³-hybridized carbons (Fsp3) is 0.0435. The molecule has 0 fully saturated rings. The van der Waals surface area contributed by atoms with Gasteiger partial charge in [-0.15, -0.1) is 0 Å². The fourth-order valence-electron chi connectivity index (χ4n) is 3.02. The molecular weight excluding hydrogens is 431 g/mol. The van der Waals surface area contributed by atoms with Crippen molar-refractivity contribution in [1.29, 1.82) is 0 Å². The number of nitrogens with zero attached hydrogens (tertiary/aromatic N) is 2. The lowest BCUT2D eigenvalue weighted by atomic mass is 10.0. The topological polar surface area (TPSA) is 25.8 Å². The van der Waals surface area contributed by atoms with Crippen LogP contribution in [0.25, 0.3) is 33.6 Å². The molecule has 0 unspecified atom stereocenters. The molecule has 0 amide bonds. The second-order valence-corrected chi connectivity index (χ2v) is 7.68. The van der Waals surface area contributed by atoms with E-state index in [0.29, 0.717) is 5.56 Å². The molecule has 0 aliphatic heterocycles. The second-order valence-electron chi connectivity index (χ2n) is 6.54. The van der Waals surface area contributed by atoms with Crippen molar-refractivity contribution in [2.45, 2.75) is 10.4 Å².